The number of hydrogen-bond donors (Lipinski definition) is 0. The third-order valence-electron chi connectivity index (χ3n) is 3.90. The van der Waals surface area contributed by atoms with Crippen molar-refractivity contribution in [2.45, 2.75) is 25.4 Å². The number of nitrogens with zero attached hydrogens (tertiary/aromatic N) is 1. The molecule has 0 bridgehead atoms. The van der Waals surface area contributed by atoms with Gasteiger partial charge in [0.15, 0.2) is 0 Å². The number of hydrogen-bond acceptors (Lipinski definition) is 1. The van der Waals surface area contributed by atoms with Crippen LogP contribution in [0.25, 0.3) is 0 Å². The van der Waals surface area contributed by atoms with Crippen LogP contribution in [0.5, 0.6) is 0 Å². The second-order valence-electron chi connectivity index (χ2n) is 5.31. The van der Waals surface area contributed by atoms with E-state index in [0.717, 1.165) is 36.5 Å². The molecule has 0 unspecified atom stereocenters. The van der Waals surface area contributed by atoms with Crippen LogP contribution < -0.4 is 0 Å². The molecule has 1 saturated heterocycles. The second kappa shape index (κ2) is 5.94. The lowest BCUT2D eigenvalue weighted by Gasteiger charge is -2.25. The topological polar surface area (TPSA) is 3.24 Å². The molecule has 0 aromatic heterocycles. The Morgan fingerprint density at radius 3 is 2.70 bits per heavy atom. The summed E-state index contributed by atoms with van der Waals surface area (Å²) in [5, 5.41) is 0.761. The van der Waals surface area contributed by atoms with E-state index in [1.165, 1.54) is 11.6 Å². The van der Waals surface area contributed by atoms with E-state index in [9.17, 15) is 4.39 Å². The van der Waals surface area contributed by atoms with Crippen LogP contribution in [0.15, 0.2) is 48.5 Å². The number of likely N-dealkylation sites (tertiary alicyclic amines) is 1. The van der Waals surface area contributed by atoms with Crippen LogP contribution in [0.1, 0.15) is 30.0 Å². The van der Waals surface area contributed by atoms with Gasteiger partial charge in [0.05, 0.1) is 0 Å². The molecule has 0 saturated carbocycles. The van der Waals surface area contributed by atoms with E-state index >= 15 is 0 Å². The summed E-state index contributed by atoms with van der Waals surface area (Å²) in [6.45, 7) is 1.95. The maximum absolute atomic E-state index is 13.4. The molecular formula is C17H17ClFN. The van der Waals surface area contributed by atoms with Crippen molar-refractivity contribution >= 4 is 11.6 Å². The molecule has 0 radical (unpaired) electrons. The Hall–Kier alpha value is -1.38. The molecule has 0 spiro atoms. The van der Waals surface area contributed by atoms with Crippen LogP contribution in [0.2, 0.25) is 5.02 Å². The molecule has 1 atom stereocenters. The van der Waals surface area contributed by atoms with Crippen LogP contribution >= 0.6 is 11.6 Å². The van der Waals surface area contributed by atoms with Crippen molar-refractivity contribution in [1.82, 2.24) is 4.90 Å². The zero-order valence-electron chi connectivity index (χ0n) is 11.2. The lowest BCUT2D eigenvalue weighted by Crippen LogP contribution is -2.22. The van der Waals surface area contributed by atoms with E-state index in [-0.39, 0.29) is 5.82 Å². The summed E-state index contributed by atoms with van der Waals surface area (Å²) in [5.41, 5.74) is 2.33. The van der Waals surface area contributed by atoms with Crippen molar-refractivity contribution in [3.05, 3.63) is 70.5 Å². The van der Waals surface area contributed by atoms with Gasteiger partial charge in [-0.05, 0) is 54.8 Å². The minimum Gasteiger partial charge on any atom is -0.292 e. The van der Waals surface area contributed by atoms with Crippen molar-refractivity contribution < 1.29 is 4.39 Å². The molecule has 2 aromatic carbocycles. The lowest BCUT2D eigenvalue weighted by atomic mass is 10.0. The largest absolute Gasteiger partial charge is 0.292 e. The minimum atomic E-state index is -0.152. The number of halogens is 2. The summed E-state index contributed by atoms with van der Waals surface area (Å²) in [6.07, 6.45) is 2.26. The van der Waals surface area contributed by atoms with Gasteiger partial charge in [-0.3, -0.25) is 4.90 Å². The summed E-state index contributed by atoms with van der Waals surface area (Å²) < 4.78 is 13.4. The lowest BCUT2D eigenvalue weighted by molar-refractivity contribution is 0.248. The SMILES string of the molecule is Fc1cccc([C@H]2CCCN2Cc2ccc(Cl)cc2)c1. The maximum Gasteiger partial charge on any atom is 0.123 e. The molecule has 0 aliphatic carbocycles. The highest BCUT2D eigenvalue weighted by Crippen LogP contribution is 2.33. The van der Waals surface area contributed by atoms with Gasteiger partial charge in [0.25, 0.3) is 0 Å². The Kier molecular flexibility index (Phi) is 4.04. The van der Waals surface area contributed by atoms with Crippen molar-refractivity contribution in [3.63, 3.8) is 0 Å². The molecule has 0 N–H and O–H groups in total. The fourth-order valence-electron chi connectivity index (χ4n) is 2.93. The molecule has 2 aromatic rings. The fourth-order valence-corrected chi connectivity index (χ4v) is 3.06. The molecule has 1 fully saturated rings. The molecule has 1 aliphatic rings. The smallest absolute Gasteiger partial charge is 0.123 e. The highest BCUT2D eigenvalue weighted by Gasteiger charge is 2.26. The van der Waals surface area contributed by atoms with Crippen molar-refractivity contribution in [2.75, 3.05) is 6.54 Å². The second-order valence-corrected chi connectivity index (χ2v) is 5.75. The quantitative estimate of drug-likeness (QED) is 0.783. The van der Waals surface area contributed by atoms with Gasteiger partial charge in [0, 0.05) is 17.6 Å². The first-order valence-corrected chi connectivity index (χ1v) is 7.34. The zero-order valence-corrected chi connectivity index (χ0v) is 12.0. The standard InChI is InChI=1S/C17H17ClFN/c18-15-8-6-13(7-9-15)12-20-10-2-5-17(20)14-3-1-4-16(19)11-14/h1,3-4,6-9,11,17H,2,5,10,12H2/t17-/m1/s1. The molecule has 1 nitrogen and oxygen atoms in total. The van der Waals surface area contributed by atoms with E-state index in [1.807, 2.05) is 18.2 Å². The molecule has 1 aliphatic heterocycles. The van der Waals surface area contributed by atoms with E-state index in [0.29, 0.717) is 6.04 Å². The Morgan fingerprint density at radius 2 is 1.95 bits per heavy atom. The average molecular weight is 290 g/mol. The van der Waals surface area contributed by atoms with Gasteiger partial charge >= 0.3 is 0 Å². The van der Waals surface area contributed by atoms with E-state index in [4.69, 9.17) is 11.6 Å². The summed E-state index contributed by atoms with van der Waals surface area (Å²) >= 11 is 5.92. The Morgan fingerprint density at radius 1 is 1.15 bits per heavy atom. The normalized spacial score (nSPS) is 19.4. The first kappa shape index (κ1) is 13.6. The first-order valence-electron chi connectivity index (χ1n) is 6.96. The molecule has 3 heteroatoms. The van der Waals surface area contributed by atoms with Gasteiger partial charge in [-0.2, -0.15) is 0 Å². The van der Waals surface area contributed by atoms with Crippen LogP contribution in [-0.2, 0) is 6.54 Å². The molecule has 20 heavy (non-hydrogen) atoms. The van der Waals surface area contributed by atoms with Crippen molar-refractivity contribution in [1.29, 1.82) is 0 Å². The average Bonchev–Trinajstić information content (AvgIpc) is 2.89. The Balaban J connectivity index is 1.77. The van der Waals surface area contributed by atoms with Gasteiger partial charge in [0.2, 0.25) is 0 Å². The number of rotatable bonds is 3. The van der Waals surface area contributed by atoms with Crippen LogP contribution in [0.4, 0.5) is 4.39 Å². The first-order chi connectivity index (χ1) is 9.72. The third-order valence-corrected chi connectivity index (χ3v) is 4.15. The summed E-state index contributed by atoms with van der Waals surface area (Å²) in [5.74, 6) is -0.152. The van der Waals surface area contributed by atoms with E-state index in [1.54, 1.807) is 12.1 Å². The van der Waals surface area contributed by atoms with Gasteiger partial charge in [-0.1, -0.05) is 35.9 Å². The zero-order chi connectivity index (χ0) is 13.9. The minimum absolute atomic E-state index is 0.152. The molecule has 1 heterocycles. The third kappa shape index (κ3) is 3.02. The summed E-state index contributed by atoms with van der Waals surface area (Å²) in [6, 6.07) is 15.3. The monoisotopic (exact) mass is 289 g/mol. The van der Waals surface area contributed by atoms with Crippen LogP contribution in [0.3, 0.4) is 0 Å². The van der Waals surface area contributed by atoms with Crippen molar-refractivity contribution in [2.24, 2.45) is 0 Å². The molecular weight excluding hydrogens is 273 g/mol. The molecule has 104 valence electrons. The predicted octanol–water partition coefficient (Wildman–Crippen LogP) is 4.82. The summed E-state index contributed by atoms with van der Waals surface area (Å²) in [7, 11) is 0. The summed E-state index contributed by atoms with van der Waals surface area (Å²) in [4.78, 5) is 2.41. The van der Waals surface area contributed by atoms with Gasteiger partial charge in [-0.25, -0.2) is 4.39 Å². The Bertz CT molecular complexity index is 582. The maximum atomic E-state index is 13.4. The van der Waals surface area contributed by atoms with Gasteiger partial charge in [0.1, 0.15) is 5.82 Å². The molecule has 0 amide bonds. The van der Waals surface area contributed by atoms with Gasteiger partial charge < -0.3 is 0 Å². The van der Waals surface area contributed by atoms with Gasteiger partial charge in [-0.15, -0.1) is 0 Å². The highest BCUT2D eigenvalue weighted by molar-refractivity contribution is 6.30. The van der Waals surface area contributed by atoms with Crippen LogP contribution in [0, 0.1) is 5.82 Å². The molecule has 3 rings (SSSR count). The number of benzene rings is 2. The van der Waals surface area contributed by atoms with E-state index in [2.05, 4.69) is 17.0 Å². The fraction of sp³-hybridized carbons (Fsp3) is 0.294. The Labute approximate surface area is 124 Å². The van der Waals surface area contributed by atoms with E-state index < -0.39 is 0 Å². The van der Waals surface area contributed by atoms with Crippen molar-refractivity contribution in [3.8, 4) is 0 Å². The van der Waals surface area contributed by atoms with Crippen LogP contribution in [-0.4, -0.2) is 11.4 Å². The predicted molar refractivity (Wildman–Crippen MR) is 80.2 cm³/mol. The highest BCUT2D eigenvalue weighted by atomic mass is 35.5.